The Labute approximate surface area is 154 Å². The molecule has 1 aliphatic rings. The van der Waals surface area contributed by atoms with Gasteiger partial charge in [0.15, 0.2) is 0 Å². The van der Waals surface area contributed by atoms with E-state index < -0.39 is 0 Å². The molecule has 0 aromatic heterocycles. The first kappa shape index (κ1) is 19.8. The third kappa shape index (κ3) is 5.74. The van der Waals surface area contributed by atoms with E-state index in [4.69, 9.17) is 4.74 Å². The zero-order valence-corrected chi connectivity index (χ0v) is 16.3. The van der Waals surface area contributed by atoms with Crippen LogP contribution in [0.25, 0.3) is 5.57 Å². The predicted molar refractivity (Wildman–Crippen MR) is 108 cm³/mol. The summed E-state index contributed by atoms with van der Waals surface area (Å²) in [4.78, 5) is 2.63. The average molecular weight is 342 g/mol. The molecule has 0 saturated heterocycles. The van der Waals surface area contributed by atoms with Crippen LogP contribution in [0.4, 0.5) is 0 Å². The van der Waals surface area contributed by atoms with Crippen molar-refractivity contribution < 1.29 is 4.74 Å². The lowest BCUT2D eigenvalue weighted by atomic mass is 9.81. The summed E-state index contributed by atoms with van der Waals surface area (Å²) >= 11 is 0. The highest BCUT2D eigenvalue weighted by Gasteiger charge is 2.26. The van der Waals surface area contributed by atoms with Crippen LogP contribution in [0.3, 0.4) is 0 Å². The van der Waals surface area contributed by atoms with Gasteiger partial charge in [-0.15, -0.1) is 0 Å². The van der Waals surface area contributed by atoms with Gasteiger partial charge in [0, 0.05) is 31.3 Å². The number of rotatable bonds is 10. The molecule has 0 saturated carbocycles. The molecule has 0 aliphatic heterocycles. The molecule has 1 aromatic carbocycles. The fraction of sp³-hybridized carbons (Fsp3) is 0.565. The minimum Gasteiger partial charge on any atom is -0.378 e. The molecule has 0 spiro atoms. The third-order valence-corrected chi connectivity index (χ3v) is 4.87. The molecule has 1 atom stereocenters. The molecule has 1 aliphatic carbocycles. The third-order valence-electron chi connectivity index (χ3n) is 4.87. The molecule has 2 nitrogen and oxygen atoms in total. The Kier molecular flexibility index (Phi) is 8.82. The van der Waals surface area contributed by atoms with Gasteiger partial charge in [0.1, 0.15) is 0 Å². The maximum atomic E-state index is 5.66. The molecular weight excluding hydrogens is 306 g/mol. The van der Waals surface area contributed by atoms with Gasteiger partial charge >= 0.3 is 0 Å². The van der Waals surface area contributed by atoms with Gasteiger partial charge in [0.2, 0.25) is 0 Å². The number of nitrogens with zero attached hydrogens (tertiary/aromatic N) is 1. The van der Waals surface area contributed by atoms with E-state index in [0.717, 1.165) is 19.7 Å². The van der Waals surface area contributed by atoms with E-state index in [1.54, 1.807) is 5.70 Å². The van der Waals surface area contributed by atoms with E-state index in [9.17, 15) is 0 Å². The van der Waals surface area contributed by atoms with Gasteiger partial charge in [-0.2, -0.15) is 0 Å². The van der Waals surface area contributed by atoms with Crippen LogP contribution in [0.1, 0.15) is 58.4 Å². The van der Waals surface area contributed by atoms with E-state index in [1.807, 2.05) is 0 Å². The maximum absolute atomic E-state index is 5.66. The summed E-state index contributed by atoms with van der Waals surface area (Å²) in [7, 11) is 0. The fourth-order valence-electron chi connectivity index (χ4n) is 3.79. The van der Waals surface area contributed by atoms with Crippen molar-refractivity contribution in [3.05, 3.63) is 53.7 Å². The summed E-state index contributed by atoms with van der Waals surface area (Å²) in [5.74, 6) is 0.495. The second-order valence-corrected chi connectivity index (χ2v) is 6.78. The first-order valence-electron chi connectivity index (χ1n) is 10.1. The lowest BCUT2D eigenvalue weighted by Crippen LogP contribution is -2.31. The van der Waals surface area contributed by atoms with Crippen LogP contribution in [-0.4, -0.2) is 31.2 Å². The number of ether oxygens (including phenoxy) is 1. The minimum atomic E-state index is 0.495. The minimum absolute atomic E-state index is 0.495. The van der Waals surface area contributed by atoms with E-state index in [-0.39, 0.29) is 0 Å². The van der Waals surface area contributed by atoms with Crippen molar-refractivity contribution in [2.45, 2.75) is 52.9 Å². The highest BCUT2D eigenvalue weighted by molar-refractivity contribution is 5.70. The molecule has 0 bridgehead atoms. The van der Waals surface area contributed by atoms with Crippen LogP contribution in [-0.2, 0) is 4.74 Å². The maximum Gasteiger partial charge on any atom is 0.0653 e. The van der Waals surface area contributed by atoms with Crippen molar-refractivity contribution in [3.8, 4) is 0 Å². The standard InChI is InChI=1S/C23H35NO/c1-4-17-24(18-5-2)23-15-11-10-14-22(23)21(16-19-25-6-3)20-12-8-7-9-13-20/h7-9,12-13,15-16,22H,4-6,10-11,14,17-19H2,1-3H3/b21-16-. The fourth-order valence-corrected chi connectivity index (χ4v) is 3.79. The van der Waals surface area contributed by atoms with Crippen LogP contribution in [0, 0.1) is 5.92 Å². The second kappa shape index (κ2) is 11.1. The Bertz CT molecular complexity index is 540. The first-order valence-corrected chi connectivity index (χ1v) is 10.1. The van der Waals surface area contributed by atoms with Crippen LogP contribution in [0.15, 0.2) is 48.2 Å². The zero-order valence-electron chi connectivity index (χ0n) is 16.3. The van der Waals surface area contributed by atoms with Gasteiger partial charge in [-0.05, 0) is 50.2 Å². The Balaban J connectivity index is 2.34. The Morgan fingerprint density at radius 1 is 1.12 bits per heavy atom. The van der Waals surface area contributed by atoms with E-state index in [2.05, 4.69) is 68.2 Å². The van der Waals surface area contributed by atoms with Crippen LogP contribution < -0.4 is 0 Å². The van der Waals surface area contributed by atoms with Crippen molar-refractivity contribution in [2.24, 2.45) is 5.92 Å². The van der Waals surface area contributed by atoms with Gasteiger partial charge in [-0.3, -0.25) is 0 Å². The van der Waals surface area contributed by atoms with Gasteiger partial charge in [-0.25, -0.2) is 0 Å². The molecule has 2 rings (SSSR count). The van der Waals surface area contributed by atoms with Crippen molar-refractivity contribution in [1.82, 2.24) is 4.90 Å². The topological polar surface area (TPSA) is 12.5 Å². The molecule has 138 valence electrons. The van der Waals surface area contributed by atoms with Crippen molar-refractivity contribution in [2.75, 3.05) is 26.3 Å². The zero-order chi connectivity index (χ0) is 17.9. The molecule has 0 heterocycles. The lowest BCUT2D eigenvalue weighted by Gasteiger charge is -2.36. The SMILES string of the molecule is CCCN(CCC)C1=CCCCC1/C(=C\COCC)c1ccccc1. The number of hydrogen-bond donors (Lipinski definition) is 0. The molecule has 0 fully saturated rings. The van der Waals surface area contributed by atoms with Gasteiger partial charge in [-0.1, -0.05) is 56.3 Å². The predicted octanol–water partition coefficient (Wildman–Crippen LogP) is 5.91. The Morgan fingerprint density at radius 3 is 2.48 bits per heavy atom. The lowest BCUT2D eigenvalue weighted by molar-refractivity contribution is 0.177. The van der Waals surface area contributed by atoms with E-state index >= 15 is 0 Å². The van der Waals surface area contributed by atoms with Crippen LogP contribution >= 0.6 is 0 Å². The largest absolute Gasteiger partial charge is 0.378 e. The summed E-state index contributed by atoms with van der Waals surface area (Å²) < 4.78 is 5.66. The smallest absolute Gasteiger partial charge is 0.0653 e. The van der Waals surface area contributed by atoms with Crippen molar-refractivity contribution in [1.29, 1.82) is 0 Å². The number of benzene rings is 1. The molecule has 1 aromatic rings. The molecule has 0 amide bonds. The number of hydrogen-bond acceptors (Lipinski definition) is 2. The van der Waals surface area contributed by atoms with Crippen LogP contribution in [0.2, 0.25) is 0 Å². The monoisotopic (exact) mass is 341 g/mol. The highest BCUT2D eigenvalue weighted by atomic mass is 16.5. The average Bonchev–Trinajstić information content (AvgIpc) is 2.66. The normalized spacial score (nSPS) is 18.1. The number of allylic oxidation sites excluding steroid dienone is 2. The Hall–Kier alpha value is -1.54. The van der Waals surface area contributed by atoms with Crippen molar-refractivity contribution >= 4 is 5.57 Å². The Morgan fingerprint density at radius 2 is 1.84 bits per heavy atom. The van der Waals surface area contributed by atoms with Gasteiger partial charge in [0.05, 0.1) is 6.61 Å². The van der Waals surface area contributed by atoms with E-state index in [0.29, 0.717) is 12.5 Å². The summed E-state index contributed by atoms with van der Waals surface area (Å²) in [6, 6.07) is 10.9. The summed E-state index contributed by atoms with van der Waals surface area (Å²) in [6.07, 6.45) is 10.9. The summed E-state index contributed by atoms with van der Waals surface area (Å²) in [5, 5.41) is 0. The molecule has 0 N–H and O–H groups in total. The summed E-state index contributed by atoms with van der Waals surface area (Å²) in [5.41, 5.74) is 4.33. The molecule has 1 unspecified atom stereocenters. The molecule has 0 radical (unpaired) electrons. The second-order valence-electron chi connectivity index (χ2n) is 6.78. The van der Waals surface area contributed by atoms with Crippen molar-refractivity contribution in [3.63, 3.8) is 0 Å². The molecular formula is C23H35NO. The highest BCUT2D eigenvalue weighted by Crippen LogP contribution is 2.38. The quantitative estimate of drug-likeness (QED) is 0.490. The summed E-state index contributed by atoms with van der Waals surface area (Å²) in [6.45, 7) is 10.4. The molecule has 25 heavy (non-hydrogen) atoms. The first-order chi connectivity index (χ1) is 12.3. The van der Waals surface area contributed by atoms with Gasteiger partial charge < -0.3 is 9.64 Å². The molecule has 2 heteroatoms. The van der Waals surface area contributed by atoms with E-state index in [1.165, 1.54) is 43.2 Å². The van der Waals surface area contributed by atoms with Crippen LogP contribution in [0.5, 0.6) is 0 Å². The van der Waals surface area contributed by atoms with Gasteiger partial charge in [0.25, 0.3) is 0 Å².